The number of morpholine rings is 1. The number of alkyl halides is 3. The van der Waals surface area contributed by atoms with E-state index < -0.39 is 23.7 Å². The Balaban J connectivity index is 1.86. The largest absolute Gasteiger partial charge is 0.480 e. The first-order valence-electron chi connectivity index (χ1n) is 8.36. The molecular weight excluding hydrogens is 367 g/mol. The van der Waals surface area contributed by atoms with Crippen molar-refractivity contribution in [3.8, 4) is 0 Å². The van der Waals surface area contributed by atoms with Crippen molar-refractivity contribution in [1.82, 2.24) is 15.1 Å². The number of nitrogens with one attached hydrogen (secondary N) is 1. The van der Waals surface area contributed by atoms with Gasteiger partial charge in [0.1, 0.15) is 0 Å². The van der Waals surface area contributed by atoms with Gasteiger partial charge in [-0.25, -0.2) is 4.79 Å². The topological polar surface area (TPSA) is 82.1 Å². The number of halogens is 3. The summed E-state index contributed by atoms with van der Waals surface area (Å²) in [6.45, 7) is 1.13. The third-order valence-corrected chi connectivity index (χ3v) is 4.04. The summed E-state index contributed by atoms with van der Waals surface area (Å²) in [5.74, 6) is -0.955. The Morgan fingerprint density at radius 2 is 2.15 bits per heavy atom. The normalized spacial score (nSPS) is 17.8. The number of carboxylic acid groups (broad SMARTS) is 1. The van der Waals surface area contributed by atoms with Gasteiger partial charge in [-0.05, 0) is 24.7 Å². The fraction of sp³-hybridized carbons (Fsp3) is 0.529. The molecule has 0 saturated carbocycles. The molecule has 150 valence electrons. The molecule has 1 aliphatic heterocycles. The van der Waals surface area contributed by atoms with Crippen LogP contribution in [0.3, 0.4) is 0 Å². The van der Waals surface area contributed by atoms with Crippen molar-refractivity contribution in [1.29, 1.82) is 0 Å². The maximum atomic E-state index is 12.7. The Kier molecular flexibility index (Phi) is 7.03. The lowest BCUT2D eigenvalue weighted by Crippen LogP contribution is -2.52. The number of carboxylic acids is 1. The van der Waals surface area contributed by atoms with Crippen LogP contribution in [0.1, 0.15) is 11.1 Å². The zero-order chi connectivity index (χ0) is 20.0. The number of benzene rings is 1. The number of urea groups is 1. The summed E-state index contributed by atoms with van der Waals surface area (Å²) in [6, 6.07) is 4.39. The molecule has 2 amide bonds. The molecule has 0 bridgehead atoms. The molecule has 0 spiro atoms. The molecule has 1 aromatic rings. The van der Waals surface area contributed by atoms with E-state index in [1.807, 2.05) is 0 Å². The fourth-order valence-corrected chi connectivity index (χ4v) is 2.80. The number of carbonyl (C=O) groups excluding carboxylic acids is 1. The molecule has 10 heteroatoms. The van der Waals surface area contributed by atoms with Gasteiger partial charge in [0.05, 0.1) is 24.8 Å². The molecule has 0 aliphatic carbocycles. The lowest BCUT2D eigenvalue weighted by molar-refractivity contribution is -0.139. The van der Waals surface area contributed by atoms with Gasteiger partial charge in [-0.1, -0.05) is 12.1 Å². The average molecular weight is 389 g/mol. The van der Waals surface area contributed by atoms with E-state index in [9.17, 15) is 22.8 Å². The van der Waals surface area contributed by atoms with E-state index in [4.69, 9.17) is 9.84 Å². The second kappa shape index (κ2) is 9.05. The van der Waals surface area contributed by atoms with Crippen LogP contribution >= 0.6 is 0 Å². The van der Waals surface area contributed by atoms with E-state index >= 15 is 0 Å². The molecule has 2 rings (SSSR count). The van der Waals surface area contributed by atoms with Gasteiger partial charge in [-0.15, -0.1) is 0 Å². The van der Waals surface area contributed by atoms with E-state index in [2.05, 4.69) is 5.32 Å². The summed E-state index contributed by atoms with van der Waals surface area (Å²) < 4.78 is 43.7. The highest BCUT2D eigenvalue weighted by molar-refractivity contribution is 5.74. The van der Waals surface area contributed by atoms with Crippen molar-refractivity contribution in [2.24, 2.45) is 0 Å². The predicted molar refractivity (Wildman–Crippen MR) is 90.1 cm³/mol. The first kappa shape index (κ1) is 21.0. The number of ether oxygens (including phenoxy) is 1. The second-order valence-corrected chi connectivity index (χ2v) is 6.39. The van der Waals surface area contributed by atoms with Crippen LogP contribution in [0.25, 0.3) is 0 Å². The lowest BCUT2D eigenvalue weighted by atomic mass is 10.1. The van der Waals surface area contributed by atoms with E-state index in [0.717, 1.165) is 12.1 Å². The molecule has 0 aromatic heterocycles. The van der Waals surface area contributed by atoms with Crippen molar-refractivity contribution < 1.29 is 32.6 Å². The monoisotopic (exact) mass is 389 g/mol. The summed E-state index contributed by atoms with van der Waals surface area (Å²) in [6.07, 6.45) is -4.76. The molecule has 1 aromatic carbocycles. The third-order valence-electron chi connectivity index (χ3n) is 4.04. The van der Waals surface area contributed by atoms with E-state index in [1.165, 1.54) is 17.0 Å². The highest BCUT2D eigenvalue weighted by Gasteiger charge is 2.30. The Morgan fingerprint density at radius 3 is 2.81 bits per heavy atom. The maximum Gasteiger partial charge on any atom is 0.416 e. The van der Waals surface area contributed by atoms with Crippen molar-refractivity contribution in [2.45, 2.75) is 18.8 Å². The van der Waals surface area contributed by atoms with Gasteiger partial charge in [0, 0.05) is 26.2 Å². The number of nitrogens with zero attached hydrogens (tertiary/aromatic N) is 2. The molecule has 27 heavy (non-hydrogen) atoms. The van der Waals surface area contributed by atoms with E-state index in [1.54, 1.807) is 11.9 Å². The zero-order valence-electron chi connectivity index (χ0n) is 14.8. The number of hydrogen-bond acceptors (Lipinski definition) is 4. The van der Waals surface area contributed by atoms with Gasteiger partial charge >= 0.3 is 18.2 Å². The molecule has 1 atom stereocenters. The van der Waals surface area contributed by atoms with Crippen LogP contribution in [0.15, 0.2) is 24.3 Å². The number of rotatable bonds is 6. The van der Waals surface area contributed by atoms with Gasteiger partial charge in [0.15, 0.2) is 0 Å². The summed E-state index contributed by atoms with van der Waals surface area (Å²) in [4.78, 5) is 26.1. The van der Waals surface area contributed by atoms with Crippen LogP contribution < -0.4 is 5.32 Å². The quantitative estimate of drug-likeness (QED) is 0.773. The molecule has 1 saturated heterocycles. The van der Waals surface area contributed by atoms with Crippen LogP contribution in [0, 0.1) is 0 Å². The fourth-order valence-electron chi connectivity index (χ4n) is 2.80. The minimum atomic E-state index is -4.43. The Morgan fingerprint density at radius 1 is 1.41 bits per heavy atom. The van der Waals surface area contributed by atoms with Gasteiger partial charge in [-0.3, -0.25) is 9.69 Å². The van der Waals surface area contributed by atoms with Crippen LogP contribution in [0.2, 0.25) is 0 Å². The smallest absolute Gasteiger partial charge is 0.416 e. The van der Waals surface area contributed by atoms with Crippen LogP contribution in [-0.2, 0) is 22.3 Å². The molecule has 1 unspecified atom stereocenters. The number of hydrogen-bond donors (Lipinski definition) is 2. The number of aliphatic carboxylic acids is 1. The summed E-state index contributed by atoms with van der Waals surface area (Å²) in [5.41, 5.74) is -0.411. The van der Waals surface area contributed by atoms with Gasteiger partial charge in [0.2, 0.25) is 0 Å². The molecular formula is C17H22F3N3O4. The molecule has 1 aliphatic rings. The van der Waals surface area contributed by atoms with Gasteiger partial charge in [0.25, 0.3) is 0 Å². The molecule has 0 radical (unpaired) electrons. The number of carbonyl (C=O) groups is 2. The second-order valence-electron chi connectivity index (χ2n) is 6.39. The summed E-state index contributed by atoms with van der Waals surface area (Å²) >= 11 is 0. The zero-order valence-corrected chi connectivity index (χ0v) is 14.8. The Hall–Kier alpha value is -2.33. The minimum Gasteiger partial charge on any atom is -0.480 e. The standard InChI is InChI=1S/C17H22F3N3O4/c1-22(11-15(24)25)9-14-10-23(5-6-27-14)16(26)21-8-12-3-2-4-13(7-12)17(18,19)20/h2-4,7,14H,5-6,8-11H2,1H3,(H,21,26)(H,24,25). The molecule has 1 fully saturated rings. The molecule has 2 N–H and O–H groups in total. The summed E-state index contributed by atoms with van der Waals surface area (Å²) in [5, 5.41) is 11.4. The van der Waals surface area contributed by atoms with E-state index in [0.29, 0.717) is 25.3 Å². The van der Waals surface area contributed by atoms with Crippen LogP contribution in [0.4, 0.5) is 18.0 Å². The molecule has 1 heterocycles. The van der Waals surface area contributed by atoms with Crippen LogP contribution in [-0.4, -0.2) is 72.8 Å². The van der Waals surface area contributed by atoms with Gasteiger partial charge < -0.3 is 20.1 Å². The summed E-state index contributed by atoms with van der Waals surface area (Å²) in [7, 11) is 1.64. The van der Waals surface area contributed by atoms with Crippen molar-refractivity contribution in [3.05, 3.63) is 35.4 Å². The van der Waals surface area contributed by atoms with Crippen molar-refractivity contribution >= 4 is 12.0 Å². The highest BCUT2D eigenvalue weighted by atomic mass is 19.4. The lowest BCUT2D eigenvalue weighted by Gasteiger charge is -2.34. The minimum absolute atomic E-state index is 0.0241. The Bertz CT molecular complexity index is 669. The average Bonchev–Trinajstić information content (AvgIpc) is 2.58. The Labute approximate surface area is 154 Å². The highest BCUT2D eigenvalue weighted by Crippen LogP contribution is 2.29. The number of likely N-dealkylation sites (N-methyl/N-ethyl adjacent to an activating group) is 1. The SMILES string of the molecule is CN(CC(=O)O)CC1CN(C(=O)NCc2cccc(C(F)(F)F)c2)CCO1. The predicted octanol–water partition coefficient (Wildman–Crippen LogP) is 1.63. The van der Waals surface area contributed by atoms with Crippen molar-refractivity contribution in [2.75, 3.05) is 39.8 Å². The first-order chi connectivity index (χ1) is 12.6. The van der Waals surface area contributed by atoms with Crippen LogP contribution in [0.5, 0.6) is 0 Å². The number of amides is 2. The maximum absolute atomic E-state index is 12.7. The van der Waals surface area contributed by atoms with Gasteiger partial charge in [-0.2, -0.15) is 13.2 Å². The van der Waals surface area contributed by atoms with Crippen molar-refractivity contribution in [3.63, 3.8) is 0 Å². The first-order valence-corrected chi connectivity index (χ1v) is 8.36. The third kappa shape index (κ3) is 6.72. The molecule has 7 nitrogen and oxygen atoms in total. The van der Waals surface area contributed by atoms with E-state index in [-0.39, 0.29) is 25.7 Å².